The molecule has 2 N–H and O–H groups in total. The Kier molecular flexibility index (Phi) is 3.51. The SMILES string of the molecule is Cc1cc(-c2ccccc2)nnc1Nc1ccc(O)cc1. The van der Waals surface area contributed by atoms with Gasteiger partial charge in [-0.05, 0) is 42.8 Å². The van der Waals surface area contributed by atoms with Gasteiger partial charge >= 0.3 is 0 Å². The van der Waals surface area contributed by atoms with E-state index >= 15 is 0 Å². The molecule has 1 aromatic heterocycles. The predicted molar refractivity (Wildman–Crippen MR) is 83.6 cm³/mol. The van der Waals surface area contributed by atoms with Gasteiger partial charge in [0, 0.05) is 11.3 Å². The molecule has 0 saturated carbocycles. The van der Waals surface area contributed by atoms with Gasteiger partial charge in [0.25, 0.3) is 0 Å². The van der Waals surface area contributed by atoms with E-state index in [9.17, 15) is 5.11 Å². The number of nitrogens with one attached hydrogen (secondary N) is 1. The minimum Gasteiger partial charge on any atom is -0.508 e. The quantitative estimate of drug-likeness (QED) is 0.713. The summed E-state index contributed by atoms with van der Waals surface area (Å²) in [5, 5.41) is 21.0. The van der Waals surface area contributed by atoms with Crippen molar-refractivity contribution >= 4 is 11.5 Å². The molecule has 0 spiro atoms. The number of anilines is 2. The van der Waals surface area contributed by atoms with E-state index in [4.69, 9.17) is 0 Å². The van der Waals surface area contributed by atoms with Crippen LogP contribution in [0.15, 0.2) is 60.7 Å². The largest absolute Gasteiger partial charge is 0.508 e. The third-order valence-electron chi connectivity index (χ3n) is 3.18. The van der Waals surface area contributed by atoms with E-state index in [1.165, 1.54) is 0 Å². The fourth-order valence-electron chi connectivity index (χ4n) is 2.04. The molecule has 0 unspecified atom stereocenters. The highest BCUT2D eigenvalue weighted by Crippen LogP contribution is 2.23. The number of rotatable bonds is 3. The third kappa shape index (κ3) is 3.00. The van der Waals surface area contributed by atoms with Crippen molar-refractivity contribution in [3.63, 3.8) is 0 Å². The number of phenols is 1. The monoisotopic (exact) mass is 277 g/mol. The van der Waals surface area contributed by atoms with Gasteiger partial charge in [0.2, 0.25) is 0 Å². The van der Waals surface area contributed by atoms with Gasteiger partial charge in [0.05, 0.1) is 5.69 Å². The molecule has 0 aliphatic heterocycles. The molecule has 0 bridgehead atoms. The topological polar surface area (TPSA) is 58.0 Å². The van der Waals surface area contributed by atoms with E-state index in [-0.39, 0.29) is 5.75 Å². The number of hydrogen-bond acceptors (Lipinski definition) is 4. The molecule has 3 rings (SSSR count). The standard InChI is InChI=1S/C17H15N3O/c1-12-11-16(13-5-3-2-4-6-13)19-20-17(12)18-14-7-9-15(21)10-8-14/h2-11,21H,1H3,(H,18,20). The summed E-state index contributed by atoms with van der Waals surface area (Å²) in [5.74, 6) is 0.947. The zero-order valence-electron chi connectivity index (χ0n) is 11.6. The molecular weight excluding hydrogens is 262 g/mol. The summed E-state index contributed by atoms with van der Waals surface area (Å²) in [5.41, 5.74) is 3.77. The Morgan fingerprint density at radius 1 is 0.905 bits per heavy atom. The Labute approximate surface area is 123 Å². The first-order valence-electron chi connectivity index (χ1n) is 6.68. The van der Waals surface area contributed by atoms with Crippen LogP contribution in [0.4, 0.5) is 11.5 Å². The molecule has 3 aromatic rings. The van der Waals surface area contributed by atoms with Gasteiger partial charge in [-0.3, -0.25) is 0 Å². The lowest BCUT2D eigenvalue weighted by Crippen LogP contribution is -1.99. The van der Waals surface area contributed by atoms with Crippen molar-refractivity contribution < 1.29 is 5.11 Å². The lowest BCUT2D eigenvalue weighted by atomic mass is 10.1. The summed E-state index contributed by atoms with van der Waals surface area (Å²) in [4.78, 5) is 0. The summed E-state index contributed by atoms with van der Waals surface area (Å²) in [6, 6.07) is 18.8. The molecule has 0 aliphatic rings. The number of nitrogens with zero attached hydrogens (tertiary/aromatic N) is 2. The lowest BCUT2D eigenvalue weighted by Gasteiger charge is -2.09. The maximum Gasteiger partial charge on any atom is 0.156 e. The molecule has 0 amide bonds. The molecule has 0 atom stereocenters. The molecule has 0 fully saturated rings. The van der Waals surface area contributed by atoms with E-state index < -0.39 is 0 Å². The Balaban J connectivity index is 1.86. The molecule has 4 nitrogen and oxygen atoms in total. The summed E-state index contributed by atoms with van der Waals surface area (Å²) in [6.45, 7) is 1.99. The first-order chi connectivity index (χ1) is 10.2. The molecule has 0 saturated heterocycles. The summed E-state index contributed by atoms with van der Waals surface area (Å²) >= 11 is 0. The molecule has 1 heterocycles. The first-order valence-corrected chi connectivity index (χ1v) is 6.68. The highest BCUT2D eigenvalue weighted by molar-refractivity contribution is 5.64. The van der Waals surface area contributed by atoms with Crippen LogP contribution < -0.4 is 5.32 Å². The van der Waals surface area contributed by atoms with Crippen molar-refractivity contribution in [1.29, 1.82) is 0 Å². The highest BCUT2D eigenvalue weighted by Gasteiger charge is 2.05. The van der Waals surface area contributed by atoms with E-state index in [0.717, 1.165) is 22.5 Å². The smallest absolute Gasteiger partial charge is 0.156 e. The van der Waals surface area contributed by atoms with Gasteiger partial charge in [-0.15, -0.1) is 10.2 Å². The van der Waals surface area contributed by atoms with Gasteiger partial charge < -0.3 is 10.4 Å². The number of phenolic OH excluding ortho intramolecular Hbond substituents is 1. The van der Waals surface area contributed by atoms with Crippen molar-refractivity contribution in [2.24, 2.45) is 0 Å². The minimum atomic E-state index is 0.239. The number of aromatic hydroxyl groups is 1. The van der Waals surface area contributed by atoms with Crippen molar-refractivity contribution in [3.05, 3.63) is 66.2 Å². The van der Waals surface area contributed by atoms with Crippen LogP contribution in [-0.2, 0) is 0 Å². The van der Waals surface area contributed by atoms with Crippen molar-refractivity contribution in [1.82, 2.24) is 10.2 Å². The zero-order valence-corrected chi connectivity index (χ0v) is 11.6. The fraction of sp³-hybridized carbons (Fsp3) is 0.0588. The lowest BCUT2D eigenvalue weighted by molar-refractivity contribution is 0.475. The molecule has 21 heavy (non-hydrogen) atoms. The second kappa shape index (κ2) is 5.63. The van der Waals surface area contributed by atoms with E-state index in [1.807, 2.05) is 43.3 Å². The highest BCUT2D eigenvalue weighted by atomic mass is 16.3. The fourth-order valence-corrected chi connectivity index (χ4v) is 2.04. The Bertz CT molecular complexity index is 740. The van der Waals surface area contributed by atoms with Gasteiger partial charge in [0.1, 0.15) is 5.75 Å². The van der Waals surface area contributed by atoms with Gasteiger partial charge in [-0.25, -0.2) is 0 Å². The van der Waals surface area contributed by atoms with Crippen LogP contribution in [0.3, 0.4) is 0 Å². The normalized spacial score (nSPS) is 10.3. The van der Waals surface area contributed by atoms with Crippen molar-refractivity contribution in [2.75, 3.05) is 5.32 Å². The van der Waals surface area contributed by atoms with Crippen molar-refractivity contribution in [2.45, 2.75) is 6.92 Å². The maximum absolute atomic E-state index is 9.28. The molecule has 104 valence electrons. The Morgan fingerprint density at radius 3 is 2.29 bits per heavy atom. The molecule has 0 aliphatic carbocycles. The van der Waals surface area contributed by atoms with E-state index in [0.29, 0.717) is 5.82 Å². The number of hydrogen-bond donors (Lipinski definition) is 2. The molecular formula is C17H15N3O. The molecule has 0 radical (unpaired) electrons. The van der Waals surface area contributed by atoms with Crippen LogP contribution >= 0.6 is 0 Å². The first kappa shape index (κ1) is 13.1. The Morgan fingerprint density at radius 2 is 1.62 bits per heavy atom. The summed E-state index contributed by atoms with van der Waals surface area (Å²) < 4.78 is 0. The number of aromatic nitrogens is 2. The maximum atomic E-state index is 9.28. The second-order valence-electron chi connectivity index (χ2n) is 4.80. The van der Waals surface area contributed by atoms with Crippen LogP contribution in [0.2, 0.25) is 0 Å². The number of aryl methyl sites for hydroxylation is 1. The van der Waals surface area contributed by atoms with Gasteiger partial charge in [-0.1, -0.05) is 30.3 Å². The molecule has 2 aromatic carbocycles. The van der Waals surface area contributed by atoms with Crippen LogP contribution in [0.5, 0.6) is 5.75 Å². The molecule has 4 heteroatoms. The van der Waals surface area contributed by atoms with Crippen molar-refractivity contribution in [3.8, 4) is 17.0 Å². The minimum absolute atomic E-state index is 0.239. The third-order valence-corrected chi connectivity index (χ3v) is 3.18. The van der Waals surface area contributed by atoms with E-state index in [2.05, 4.69) is 15.5 Å². The average Bonchev–Trinajstić information content (AvgIpc) is 2.52. The zero-order chi connectivity index (χ0) is 14.7. The number of benzene rings is 2. The summed E-state index contributed by atoms with van der Waals surface area (Å²) in [7, 11) is 0. The second-order valence-corrected chi connectivity index (χ2v) is 4.80. The van der Waals surface area contributed by atoms with Crippen LogP contribution in [-0.4, -0.2) is 15.3 Å². The average molecular weight is 277 g/mol. The van der Waals surface area contributed by atoms with Gasteiger partial charge in [0.15, 0.2) is 5.82 Å². The van der Waals surface area contributed by atoms with Crippen LogP contribution in [0.25, 0.3) is 11.3 Å². The Hall–Kier alpha value is -2.88. The summed E-state index contributed by atoms with van der Waals surface area (Å²) in [6.07, 6.45) is 0. The van der Waals surface area contributed by atoms with E-state index in [1.54, 1.807) is 24.3 Å². The predicted octanol–water partition coefficient (Wildman–Crippen LogP) is 3.90. The van der Waals surface area contributed by atoms with Crippen LogP contribution in [0.1, 0.15) is 5.56 Å². The van der Waals surface area contributed by atoms with Crippen LogP contribution in [0, 0.1) is 6.92 Å². The van der Waals surface area contributed by atoms with Gasteiger partial charge in [-0.2, -0.15) is 0 Å².